The number of amides is 5. The van der Waals surface area contributed by atoms with E-state index in [-0.39, 0.29) is 12.3 Å². The molecule has 2 saturated heterocycles. The molecule has 35 heavy (non-hydrogen) atoms. The predicted molar refractivity (Wildman–Crippen MR) is 131 cm³/mol. The molecular formula is C25H28N4O5S. The molecule has 184 valence electrons. The summed E-state index contributed by atoms with van der Waals surface area (Å²) in [5.41, 5.74) is 3.03. The first-order valence-electron chi connectivity index (χ1n) is 11.4. The van der Waals surface area contributed by atoms with Gasteiger partial charge in [0.15, 0.2) is 0 Å². The van der Waals surface area contributed by atoms with Crippen LogP contribution in [0.15, 0.2) is 52.3 Å². The van der Waals surface area contributed by atoms with Gasteiger partial charge in [-0.1, -0.05) is 17.8 Å². The highest BCUT2D eigenvalue weighted by Crippen LogP contribution is 2.29. The van der Waals surface area contributed by atoms with Crippen molar-refractivity contribution in [1.82, 2.24) is 15.1 Å². The van der Waals surface area contributed by atoms with Crippen LogP contribution in [-0.4, -0.2) is 72.4 Å². The molecule has 2 aliphatic heterocycles. The van der Waals surface area contributed by atoms with Gasteiger partial charge in [-0.25, -0.2) is 4.79 Å². The standard InChI is InChI=1S/C25H28N4O5S/c1-16-3-6-20(13-17(16)2)35-19-7-4-18(5-8-19)26-22(30)15-29-24(32)21(27-25(29)33)14-23(31)28-9-11-34-12-10-28/h3-8,13,21H,9-12,14-15H2,1-2H3,(H,26,30)(H,27,33). The summed E-state index contributed by atoms with van der Waals surface area (Å²) in [7, 11) is 0. The van der Waals surface area contributed by atoms with Crippen molar-refractivity contribution in [3.05, 3.63) is 53.6 Å². The van der Waals surface area contributed by atoms with E-state index in [4.69, 9.17) is 4.74 Å². The van der Waals surface area contributed by atoms with E-state index in [0.29, 0.717) is 32.0 Å². The number of aryl methyl sites for hydroxylation is 2. The Bertz CT molecular complexity index is 1130. The van der Waals surface area contributed by atoms with E-state index >= 15 is 0 Å². The lowest BCUT2D eigenvalue weighted by atomic mass is 10.1. The van der Waals surface area contributed by atoms with Crippen molar-refractivity contribution in [2.24, 2.45) is 0 Å². The van der Waals surface area contributed by atoms with Gasteiger partial charge in [0.05, 0.1) is 19.6 Å². The minimum Gasteiger partial charge on any atom is -0.378 e. The fourth-order valence-corrected chi connectivity index (χ4v) is 4.76. The monoisotopic (exact) mass is 496 g/mol. The SMILES string of the molecule is Cc1ccc(Sc2ccc(NC(=O)CN3C(=O)NC(CC(=O)N4CCOCC4)C3=O)cc2)cc1C. The number of carbonyl (C=O) groups excluding carboxylic acids is 4. The molecule has 2 aromatic carbocycles. The number of urea groups is 1. The first-order valence-corrected chi connectivity index (χ1v) is 12.2. The number of carbonyl (C=O) groups is 4. The van der Waals surface area contributed by atoms with Gasteiger partial charge in [0.1, 0.15) is 12.6 Å². The van der Waals surface area contributed by atoms with Crippen molar-refractivity contribution in [1.29, 1.82) is 0 Å². The van der Waals surface area contributed by atoms with Crippen LogP contribution in [-0.2, 0) is 19.1 Å². The predicted octanol–water partition coefficient (Wildman–Crippen LogP) is 2.56. The molecule has 2 aromatic rings. The topological polar surface area (TPSA) is 108 Å². The largest absolute Gasteiger partial charge is 0.378 e. The third kappa shape index (κ3) is 6.20. The maximum atomic E-state index is 12.6. The van der Waals surface area contributed by atoms with Gasteiger partial charge in [-0.3, -0.25) is 19.3 Å². The van der Waals surface area contributed by atoms with Crippen LogP contribution >= 0.6 is 11.8 Å². The van der Waals surface area contributed by atoms with E-state index in [9.17, 15) is 19.2 Å². The molecule has 2 aliphatic rings. The zero-order chi connectivity index (χ0) is 24.9. The number of rotatable bonds is 7. The number of morpholine rings is 1. The maximum Gasteiger partial charge on any atom is 0.325 e. The van der Waals surface area contributed by atoms with Crippen molar-refractivity contribution in [3.8, 4) is 0 Å². The second-order valence-corrected chi connectivity index (χ2v) is 9.69. The molecule has 2 N–H and O–H groups in total. The lowest BCUT2D eigenvalue weighted by Gasteiger charge is -2.27. The second-order valence-electron chi connectivity index (χ2n) is 8.54. The molecule has 4 rings (SSSR count). The zero-order valence-corrected chi connectivity index (χ0v) is 20.5. The molecule has 2 fully saturated rings. The molecular weight excluding hydrogens is 468 g/mol. The van der Waals surface area contributed by atoms with Crippen LogP contribution in [0.2, 0.25) is 0 Å². The van der Waals surface area contributed by atoms with E-state index in [2.05, 4.69) is 42.7 Å². The average Bonchev–Trinajstić information content (AvgIpc) is 3.10. The Morgan fingerprint density at radius 3 is 2.40 bits per heavy atom. The van der Waals surface area contributed by atoms with Crippen LogP contribution < -0.4 is 10.6 Å². The van der Waals surface area contributed by atoms with Crippen LogP contribution in [0.1, 0.15) is 17.5 Å². The summed E-state index contributed by atoms with van der Waals surface area (Å²) in [6.45, 7) is 5.55. The Morgan fingerprint density at radius 2 is 1.71 bits per heavy atom. The zero-order valence-electron chi connectivity index (χ0n) is 19.7. The number of nitrogens with zero attached hydrogens (tertiary/aromatic N) is 2. The van der Waals surface area contributed by atoms with Gasteiger partial charge in [-0.15, -0.1) is 0 Å². The summed E-state index contributed by atoms with van der Waals surface area (Å²) in [6, 6.07) is 12.0. The number of ether oxygens (including phenoxy) is 1. The number of anilines is 1. The summed E-state index contributed by atoms with van der Waals surface area (Å²) < 4.78 is 5.22. The van der Waals surface area contributed by atoms with Gasteiger partial charge in [-0.2, -0.15) is 0 Å². The number of imide groups is 1. The van der Waals surface area contributed by atoms with E-state index < -0.39 is 30.4 Å². The van der Waals surface area contributed by atoms with E-state index in [1.807, 2.05) is 12.1 Å². The van der Waals surface area contributed by atoms with E-state index in [1.54, 1.807) is 28.8 Å². The van der Waals surface area contributed by atoms with E-state index in [0.717, 1.165) is 14.7 Å². The second kappa shape index (κ2) is 10.9. The molecule has 5 amide bonds. The lowest BCUT2D eigenvalue weighted by molar-refractivity contribution is -0.138. The number of hydrogen-bond acceptors (Lipinski definition) is 6. The molecule has 0 aromatic heterocycles. The van der Waals surface area contributed by atoms with Crippen LogP contribution in [0.4, 0.5) is 10.5 Å². The van der Waals surface area contributed by atoms with Crippen molar-refractivity contribution in [2.75, 3.05) is 38.2 Å². The fraction of sp³-hybridized carbons (Fsp3) is 0.360. The fourth-order valence-electron chi connectivity index (χ4n) is 3.85. The molecule has 1 atom stereocenters. The molecule has 10 heteroatoms. The Hall–Kier alpha value is -3.37. The van der Waals surface area contributed by atoms with Crippen molar-refractivity contribution in [2.45, 2.75) is 36.1 Å². The van der Waals surface area contributed by atoms with Crippen molar-refractivity contribution >= 4 is 41.2 Å². The number of nitrogens with one attached hydrogen (secondary N) is 2. The first-order chi connectivity index (χ1) is 16.8. The Morgan fingerprint density at radius 1 is 1.03 bits per heavy atom. The summed E-state index contributed by atoms with van der Waals surface area (Å²) in [4.78, 5) is 54.4. The maximum absolute atomic E-state index is 12.6. The molecule has 0 bridgehead atoms. The van der Waals surface area contributed by atoms with E-state index in [1.165, 1.54) is 11.1 Å². The third-order valence-corrected chi connectivity index (χ3v) is 7.00. The third-order valence-electron chi connectivity index (χ3n) is 6.00. The Kier molecular flexibility index (Phi) is 7.72. The molecule has 0 radical (unpaired) electrons. The number of hydrogen-bond donors (Lipinski definition) is 2. The Balaban J connectivity index is 1.29. The highest BCUT2D eigenvalue weighted by molar-refractivity contribution is 7.99. The Labute approximate surface area is 208 Å². The summed E-state index contributed by atoms with van der Waals surface area (Å²) in [6.07, 6.45) is -0.137. The van der Waals surface area contributed by atoms with Gasteiger partial charge in [0, 0.05) is 28.6 Å². The van der Waals surface area contributed by atoms with Crippen LogP contribution in [0.3, 0.4) is 0 Å². The summed E-state index contributed by atoms with van der Waals surface area (Å²) >= 11 is 1.62. The van der Waals surface area contributed by atoms with Crippen molar-refractivity contribution in [3.63, 3.8) is 0 Å². The quantitative estimate of drug-likeness (QED) is 0.571. The average molecular weight is 497 g/mol. The summed E-state index contributed by atoms with van der Waals surface area (Å²) in [5.74, 6) is -1.30. The molecule has 2 heterocycles. The molecule has 0 spiro atoms. The number of benzene rings is 2. The molecule has 0 saturated carbocycles. The summed E-state index contributed by atoms with van der Waals surface area (Å²) in [5, 5.41) is 5.22. The van der Waals surface area contributed by atoms with Gasteiger partial charge in [0.25, 0.3) is 5.91 Å². The van der Waals surface area contributed by atoms with Crippen molar-refractivity contribution < 1.29 is 23.9 Å². The van der Waals surface area contributed by atoms with Gasteiger partial charge in [-0.05, 0) is 61.4 Å². The minimum absolute atomic E-state index is 0.137. The van der Waals surface area contributed by atoms with Crippen LogP contribution in [0.5, 0.6) is 0 Å². The van der Waals surface area contributed by atoms with Gasteiger partial charge in [0.2, 0.25) is 11.8 Å². The van der Waals surface area contributed by atoms with Gasteiger partial charge < -0.3 is 20.3 Å². The molecule has 0 aliphatic carbocycles. The van der Waals surface area contributed by atoms with Gasteiger partial charge >= 0.3 is 6.03 Å². The highest BCUT2D eigenvalue weighted by atomic mass is 32.2. The van der Waals surface area contributed by atoms with Crippen LogP contribution in [0.25, 0.3) is 0 Å². The normalized spacial score (nSPS) is 17.9. The minimum atomic E-state index is -0.965. The smallest absolute Gasteiger partial charge is 0.325 e. The first kappa shape index (κ1) is 24.7. The molecule has 9 nitrogen and oxygen atoms in total. The van der Waals surface area contributed by atoms with Crippen LogP contribution in [0, 0.1) is 13.8 Å². The highest BCUT2D eigenvalue weighted by Gasteiger charge is 2.40. The molecule has 1 unspecified atom stereocenters. The lowest BCUT2D eigenvalue weighted by Crippen LogP contribution is -2.44.